The summed E-state index contributed by atoms with van der Waals surface area (Å²) >= 11 is 0. The number of rotatable bonds is 7. The van der Waals surface area contributed by atoms with E-state index in [-0.39, 0.29) is 25.6 Å². The van der Waals surface area contributed by atoms with Crippen LogP contribution in [0, 0.1) is 0 Å². The average molecular weight is 409 g/mol. The number of pyridine rings is 1. The number of morpholine rings is 1. The van der Waals surface area contributed by atoms with Gasteiger partial charge in [0, 0.05) is 32.0 Å². The predicted molar refractivity (Wildman–Crippen MR) is 109 cm³/mol. The van der Waals surface area contributed by atoms with Crippen LogP contribution in [-0.4, -0.2) is 70.3 Å². The van der Waals surface area contributed by atoms with Gasteiger partial charge in [-0.15, -0.1) is 0 Å². The second-order valence-electron chi connectivity index (χ2n) is 6.78. The highest BCUT2D eigenvalue weighted by Crippen LogP contribution is 2.24. The average Bonchev–Trinajstić information content (AvgIpc) is 3.32. The minimum atomic E-state index is -0.297. The van der Waals surface area contributed by atoms with Crippen LogP contribution in [0.2, 0.25) is 0 Å². The maximum absolute atomic E-state index is 13.4. The first kappa shape index (κ1) is 20.0. The molecule has 1 aliphatic rings. The molecular formula is C21H23N5O4. The molecule has 0 spiro atoms. The first-order valence-electron chi connectivity index (χ1n) is 9.80. The quantitative estimate of drug-likeness (QED) is 0.627. The standard InChI is InChI=1S/C21H23N5O4/c27-10-7-26(15-16-4-3-11-30-16)20(28)17-14-23-21(25-8-12-29-13-9-25)24-19(17)18-5-1-2-6-22-18/h1-6,11,14,27H,7-10,12-13,15H2. The van der Waals surface area contributed by atoms with E-state index in [0.29, 0.717) is 55.0 Å². The van der Waals surface area contributed by atoms with E-state index in [0.717, 1.165) is 0 Å². The molecule has 0 radical (unpaired) electrons. The van der Waals surface area contributed by atoms with Crippen molar-refractivity contribution in [1.29, 1.82) is 0 Å². The zero-order chi connectivity index (χ0) is 20.8. The number of nitrogens with zero attached hydrogens (tertiary/aromatic N) is 5. The molecule has 1 N–H and O–H groups in total. The van der Waals surface area contributed by atoms with Crippen molar-refractivity contribution in [3.05, 3.63) is 60.3 Å². The van der Waals surface area contributed by atoms with E-state index in [4.69, 9.17) is 14.1 Å². The van der Waals surface area contributed by atoms with Gasteiger partial charge in [-0.3, -0.25) is 9.78 Å². The molecule has 0 aromatic carbocycles. The molecule has 1 amide bonds. The van der Waals surface area contributed by atoms with Gasteiger partial charge in [-0.1, -0.05) is 6.07 Å². The Morgan fingerprint density at radius 1 is 1.17 bits per heavy atom. The fraction of sp³-hybridized carbons (Fsp3) is 0.333. The van der Waals surface area contributed by atoms with Crippen molar-refractivity contribution in [3.8, 4) is 11.4 Å². The van der Waals surface area contributed by atoms with Crippen molar-refractivity contribution in [3.63, 3.8) is 0 Å². The number of aromatic nitrogens is 3. The number of furan rings is 1. The van der Waals surface area contributed by atoms with Gasteiger partial charge in [0.1, 0.15) is 11.5 Å². The van der Waals surface area contributed by atoms with Gasteiger partial charge in [0.15, 0.2) is 0 Å². The maximum Gasteiger partial charge on any atom is 0.258 e. The Morgan fingerprint density at radius 2 is 2.03 bits per heavy atom. The lowest BCUT2D eigenvalue weighted by Gasteiger charge is -2.27. The zero-order valence-electron chi connectivity index (χ0n) is 16.5. The molecule has 9 nitrogen and oxygen atoms in total. The summed E-state index contributed by atoms with van der Waals surface area (Å²) in [6, 6.07) is 9.02. The summed E-state index contributed by atoms with van der Waals surface area (Å²) in [7, 11) is 0. The van der Waals surface area contributed by atoms with E-state index in [1.807, 2.05) is 23.1 Å². The maximum atomic E-state index is 13.4. The first-order chi connectivity index (χ1) is 14.8. The molecule has 9 heteroatoms. The van der Waals surface area contributed by atoms with Gasteiger partial charge in [0.05, 0.1) is 43.9 Å². The lowest BCUT2D eigenvalue weighted by Crippen LogP contribution is -2.38. The molecule has 156 valence electrons. The summed E-state index contributed by atoms with van der Waals surface area (Å²) in [6.45, 7) is 2.81. The Balaban J connectivity index is 1.70. The van der Waals surface area contributed by atoms with Crippen molar-refractivity contribution in [2.24, 2.45) is 0 Å². The van der Waals surface area contributed by atoms with Crippen LogP contribution in [0.25, 0.3) is 11.4 Å². The van der Waals surface area contributed by atoms with Gasteiger partial charge < -0.3 is 24.1 Å². The second kappa shape index (κ2) is 9.47. The first-order valence-corrected chi connectivity index (χ1v) is 9.80. The van der Waals surface area contributed by atoms with Crippen LogP contribution in [0.5, 0.6) is 0 Å². The molecule has 0 saturated carbocycles. The minimum Gasteiger partial charge on any atom is -0.467 e. The number of amides is 1. The predicted octanol–water partition coefficient (Wildman–Crippen LogP) is 1.60. The molecule has 0 bridgehead atoms. The normalized spacial score (nSPS) is 14.0. The molecule has 1 aliphatic heterocycles. The molecule has 1 fully saturated rings. The fourth-order valence-corrected chi connectivity index (χ4v) is 3.28. The number of hydrogen-bond donors (Lipinski definition) is 1. The van der Waals surface area contributed by atoms with Crippen LogP contribution >= 0.6 is 0 Å². The number of aliphatic hydroxyl groups excluding tert-OH is 1. The SMILES string of the molecule is O=C(c1cnc(N2CCOCC2)nc1-c1ccccn1)N(CCO)Cc1ccco1. The third-order valence-electron chi connectivity index (χ3n) is 4.79. The number of carbonyl (C=O) groups excluding carboxylic acids is 1. The molecule has 1 saturated heterocycles. The van der Waals surface area contributed by atoms with Crippen LogP contribution < -0.4 is 4.90 Å². The van der Waals surface area contributed by atoms with Gasteiger partial charge in [-0.05, 0) is 24.3 Å². The lowest BCUT2D eigenvalue weighted by molar-refractivity contribution is 0.0694. The number of carbonyl (C=O) groups is 1. The number of hydrogen-bond acceptors (Lipinski definition) is 8. The summed E-state index contributed by atoms with van der Waals surface area (Å²) in [5.41, 5.74) is 1.37. The van der Waals surface area contributed by atoms with Gasteiger partial charge in [0.2, 0.25) is 5.95 Å². The highest BCUT2D eigenvalue weighted by atomic mass is 16.5. The molecule has 0 unspecified atom stereocenters. The Kier molecular flexibility index (Phi) is 6.31. The van der Waals surface area contributed by atoms with Crippen molar-refractivity contribution in [2.75, 3.05) is 44.4 Å². The van der Waals surface area contributed by atoms with E-state index in [9.17, 15) is 9.90 Å². The van der Waals surface area contributed by atoms with Crippen LogP contribution in [-0.2, 0) is 11.3 Å². The van der Waals surface area contributed by atoms with E-state index in [2.05, 4.69) is 9.97 Å². The molecule has 4 rings (SSSR count). The highest BCUT2D eigenvalue weighted by Gasteiger charge is 2.24. The highest BCUT2D eigenvalue weighted by molar-refractivity contribution is 5.99. The zero-order valence-corrected chi connectivity index (χ0v) is 16.5. The Hall–Kier alpha value is -3.30. The van der Waals surface area contributed by atoms with Gasteiger partial charge in [-0.2, -0.15) is 0 Å². The third-order valence-corrected chi connectivity index (χ3v) is 4.79. The molecule has 30 heavy (non-hydrogen) atoms. The molecule has 0 atom stereocenters. The van der Waals surface area contributed by atoms with Crippen LogP contribution in [0.15, 0.2) is 53.4 Å². The molecule has 4 heterocycles. The second-order valence-corrected chi connectivity index (χ2v) is 6.78. The monoisotopic (exact) mass is 409 g/mol. The van der Waals surface area contributed by atoms with Crippen LogP contribution in [0.3, 0.4) is 0 Å². The molecule has 3 aromatic heterocycles. The van der Waals surface area contributed by atoms with Gasteiger partial charge >= 0.3 is 0 Å². The topological polar surface area (TPSA) is 105 Å². The Morgan fingerprint density at radius 3 is 2.73 bits per heavy atom. The number of ether oxygens (including phenoxy) is 1. The Labute approximate surface area is 174 Å². The summed E-state index contributed by atoms with van der Waals surface area (Å²) in [5.74, 6) is 0.868. The molecular weight excluding hydrogens is 386 g/mol. The van der Waals surface area contributed by atoms with Crippen molar-refractivity contribution in [2.45, 2.75) is 6.54 Å². The molecule has 3 aromatic rings. The van der Waals surface area contributed by atoms with Crippen molar-refractivity contribution in [1.82, 2.24) is 19.9 Å². The summed E-state index contributed by atoms with van der Waals surface area (Å²) in [5, 5.41) is 9.48. The summed E-state index contributed by atoms with van der Waals surface area (Å²) in [6.07, 6.45) is 4.75. The van der Waals surface area contributed by atoms with E-state index in [1.165, 1.54) is 11.1 Å². The summed E-state index contributed by atoms with van der Waals surface area (Å²) in [4.78, 5) is 30.4. The fourth-order valence-electron chi connectivity index (χ4n) is 3.28. The largest absolute Gasteiger partial charge is 0.467 e. The van der Waals surface area contributed by atoms with E-state index in [1.54, 1.807) is 24.6 Å². The van der Waals surface area contributed by atoms with Crippen molar-refractivity contribution >= 4 is 11.9 Å². The van der Waals surface area contributed by atoms with Crippen molar-refractivity contribution < 1.29 is 19.1 Å². The van der Waals surface area contributed by atoms with Crippen LogP contribution in [0.1, 0.15) is 16.1 Å². The van der Waals surface area contributed by atoms with Gasteiger partial charge in [0.25, 0.3) is 5.91 Å². The van der Waals surface area contributed by atoms with Gasteiger partial charge in [-0.25, -0.2) is 9.97 Å². The van der Waals surface area contributed by atoms with E-state index >= 15 is 0 Å². The van der Waals surface area contributed by atoms with E-state index < -0.39 is 0 Å². The smallest absolute Gasteiger partial charge is 0.258 e. The third kappa shape index (κ3) is 4.47. The summed E-state index contributed by atoms with van der Waals surface area (Å²) < 4.78 is 10.8. The Bertz CT molecular complexity index is 959. The molecule has 0 aliphatic carbocycles. The number of aliphatic hydroxyl groups is 1. The number of anilines is 1. The lowest BCUT2D eigenvalue weighted by atomic mass is 10.1. The minimum absolute atomic E-state index is 0.159. The van der Waals surface area contributed by atoms with Crippen LogP contribution in [0.4, 0.5) is 5.95 Å².